The molecule has 4 heteroatoms. The van der Waals surface area contributed by atoms with Crippen molar-refractivity contribution in [3.63, 3.8) is 0 Å². The first-order valence-electron chi connectivity index (χ1n) is 7.07. The number of carbonyl (C=O) groups excluding carboxylic acids is 1. The van der Waals surface area contributed by atoms with E-state index in [9.17, 15) is 9.59 Å². The molecule has 3 rings (SSSR count). The lowest BCUT2D eigenvalue weighted by molar-refractivity contribution is -0.136. The van der Waals surface area contributed by atoms with Gasteiger partial charge in [-0.2, -0.15) is 0 Å². The zero-order valence-electron chi connectivity index (χ0n) is 11.4. The summed E-state index contributed by atoms with van der Waals surface area (Å²) in [6.45, 7) is 1.30. The fraction of sp³-hybridized carbons (Fsp3) is 0.500. The molecule has 0 saturated carbocycles. The highest BCUT2D eigenvalue weighted by molar-refractivity contribution is 6.03. The molecule has 0 bridgehead atoms. The standard InChI is InChI=1S/C16H18O4/c17-14(18)10-11-1-2-12-3-4-16(5-7-20-8-6-16)15(19)13(12)9-11/h1-2,9H,3-8,10H2,(H,17,18). The Kier molecular flexibility index (Phi) is 3.34. The van der Waals surface area contributed by atoms with Gasteiger partial charge in [-0.15, -0.1) is 0 Å². The van der Waals surface area contributed by atoms with E-state index >= 15 is 0 Å². The van der Waals surface area contributed by atoms with Gasteiger partial charge in [-0.1, -0.05) is 12.1 Å². The van der Waals surface area contributed by atoms with Crippen LogP contribution in [0.15, 0.2) is 18.2 Å². The fourth-order valence-electron chi connectivity index (χ4n) is 3.35. The SMILES string of the molecule is O=C(O)Cc1ccc2c(c1)C(=O)C1(CCOCC1)CC2. The van der Waals surface area contributed by atoms with Crippen molar-refractivity contribution in [1.29, 1.82) is 0 Å². The molecule has 1 aromatic rings. The van der Waals surface area contributed by atoms with E-state index in [1.54, 1.807) is 6.07 Å². The molecule has 1 aromatic carbocycles. The highest BCUT2D eigenvalue weighted by Crippen LogP contribution is 2.43. The van der Waals surface area contributed by atoms with Gasteiger partial charge >= 0.3 is 5.97 Å². The predicted octanol–water partition coefficient (Wildman–Crippen LogP) is 2.24. The van der Waals surface area contributed by atoms with Crippen LogP contribution in [0.5, 0.6) is 0 Å². The van der Waals surface area contributed by atoms with Gasteiger partial charge < -0.3 is 9.84 Å². The number of ketones is 1. The number of ether oxygens (including phenoxy) is 1. The molecule has 1 N–H and O–H groups in total. The van der Waals surface area contributed by atoms with E-state index in [2.05, 4.69) is 0 Å². The minimum Gasteiger partial charge on any atom is -0.481 e. The van der Waals surface area contributed by atoms with Crippen molar-refractivity contribution in [3.05, 3.63) is 34.9 Å². The lowest BCUT2D eigenvalue weighted by Crippen LogP contribution is -2.40. The van der Waals surface area contributed by atoms with Gasteiger partial charge in [0.2, 0.25) is 0 Å². The first kappa shape index (κ1) is 13.3. The summed E-state index contributed by atoms with van der Waals surface area (Å²) >= 11 is 0. The van der Waals surface area contributed by atoms with Crippen molar-refractivity contribution < 1.29 is 19.4 Å². The molecular formula is C16H18O4. The summed E-state index contributed by atoms with van der Waals surface area (Å²) in [6.07, 6.45) is 3.33. The molecule has 1 aliphatic heterocycles. The number of carboxylic acid groups (broad SMARTS) is 1. The summed E-state index contributed by atoms with van der Waals surface area (Å²) in [5.41, 5.74) is 2.22. The summed E-state index contributed by atoms with van der Waals surface area (Å²) in [6, 6.07) is 5.52. The van der Waals surface area contributed by atoms with Crippen molar-refractivity contribution in [3.8, 4) is 0 Å². The second kappa shape index (κ2) is 5.02. The predicted molar refractivity (Wildman–Crippen MR) is 72.9 cm³/mol. The van der Waals surface area contributed by atoms with E-state index < -0.39 is 5.97 Å². The van der Waals surface area contributed by atoms with Crippen LogP contribution in [0.4, 0.5) is 0 Å². The average Bonchev–Trinajstić information content (AvgIpc) is 2.44. The maximum Gasteiger partial charge on any atom is 0.307 e. The van der Waals surface area contributed by atoms with Gasteiger partial charge in [0, 0.05) is 24.2 Å². The van der Waals surface area contributed by atoms with Crippen molar-refractivity contribution in [1.82, 2.24) is 0 Å². The Morgan fingerprint density at radius 1 is 1.25 bits per heavy atom. The Morgan fingerprint density at radius 3 is 2.70 bits per heavy atom. The molecule has 0 atom stereocenters. The smallest absolute Gasteiger partial charge is 0.307 e. The number of fused-ring (bicyclic) bond motifs is 1. The fourth-order valence-corrected chi connectivity index (χ4v) is 3.35. The van der Waals surface area contributed by atoms with Crippen LogP contribution in [0.3, 0.4) is 0 Å². The van der Waals surface area contributed by atoms with Crippen LogP contribution < -0.4 is 0 Å². The molecule has 1 spiro atoms. The zero-order chi connectivity index (χ0) is 14.2. The molecule has 0 aromatic heterocycles. The average molecular weight is 274 g/mol. The first-order valence-corrected chi connectivity index (χ1v) is 7.07. The summed E-state index contributed by atoms with van der Waals surface area (Å²) in [5.74, 6) is -0.678. The summed E-state index contributed by atoms with van der Waals surface area (Å²) in [5, 5.41) is 8.88. The second-order valence-electron chi connectivity index (χ2n) is 5.78. The third kappa shape index (κ3) is 2.24. The van der Waals surface area contributed by atoms with Crippen LogP contribution in [0.2, 0.25) is 0 Å². The van der Waals surface area contributed by atoms with Crippen LogP contribution in [0.25, 0.3) is 0 Å². The maximum absolute atomic E-state index is 12.8. The van der Waals surface area contributed by atoms with Gasteiger partial charge in [0.15, 0.2) is 5.78 Å². The Hall–Kier alpha value is -1.68. The zero-order valence-corrected chi connectivity index (χ0v) is 11.4. The van der Waals surface area contributed by atoms with Crippen LogP contribution >= 0.6 is 0 Å². The Labute approximate surface area is 117 Å². The number of aryl methyl sites for hydroxylation is 1. The van der Waals surface area contributed by atoms with Crippen molar-refractivity contribution in [2.75, 3.05) is 13.2 Å². The van der Waals surface area contributed by atoms with Gasteiger partial charge in [0.05, 0.1) is 6.42 Å². The maximum atomic E-state index is 12.8. The van der Waals surface area contributed by atoms with E-state index in [1.807, 2.05) is 12.1 Å². The Morgan fingerprint density at radius 2 is 2.00 bits per heavy atom. The van der Waals surface area contributed by atoms with Crippen molar-refractivity contribution >= 4 is 11.8 Å². The van der Waals surface area contributed by atoms with E-state index in [0.717, 1.165) is 36.8 Å². The van der Waals surface area contributed by atoms with E-state index in [-0.39, 0.29) is 17.6 Å². The van der Waals surface area contributed by atoms with Gasteiger partial charge in [-0.3, -0.25) is 9.59 Å². The van der Waals surface area contributed by atoms with Crippen LogP contribution in [-0.4, -0.2) is 30.1 Å². The topological polar surface area (TPSA) is 63.6 Å². The van der Waals surface area contributed by atoms with E-state index in [0.29, 0.717) is 18.8 Å². The molecule has 1 aliphatic carbocycles. The minimum atomic E-state index is -0.867. The normalized spacial score (nSPS) is 20.7. The van der Waals surface area contributed by atoms with Crippen molar-refractivity contribution in [2.45, 2.75) is 32.1 Å². The molecule has 1 fully saturated rings. The van der Waals surface area contributed by atoms with Gasteiger partial charge in [-0.05, 0) is 42.9 Å². The molecule has 0 unspecified atom stereocenters. The third-order valence-corrected chi connectivity index (χ3v) is 4.58. The molecule has 106 valence electrons. The number of hydrogen-bond donors (Lipinski definition) is 1. The summed E-state index contributed by atoms with van der Waals surface area (Å²) in [7, 11) is 0. The number of rotatable bonds is 2. The van der Waals surface area contributed by atoms with Gasteiger partial charge in [-0.25, -0.2) is 0 Å². The number of carbonyl (C=O) groups is 2. The largest absolute Gasteiger partial charge is 0.481 e. The van der Waals surface area contributed by atoms with Crippen LogP contribution in [0, 0.1) is 5.41 Å². The highest BCUT2D eigenvalue weighted by atomic mass is 16.5. The van der Waals surface area contributed by atoms with Gasteiger partial charge in [0.25, 0.3) is 0 Å². The van der Waals surface area contributed by atoms with E-state index in [4.69, 9.17) is 9.84 Å². The second-order valence-corrected chi connectivity index (χ2v) is 5.78. The lowest BCUT2D eigenvalue weighted by atomic mass is 9.66. The lowest BCUT2D eigenvalue weighted by Gasteiger charge is -2.39. The van der Waals surface area contributed by atoms with Gasteiger partial charge in [0.1, 0.15) is 0 Å². The number of aliphatic carboxylic acids is 1. The molecule has 0 amide bonds. The molecule has 4 nitrogen and oxygen atoms in total. The molecule has 0 radical (unpaired) electrons. The quantitative estimate of drug-likeness (QED) is 0.898. The molecule has 1 heterocycles. The molecule has 20 heavy (non-hydrogen) atoms. The monoisotopic (exact) mass is 274 g/mol. The van der Waals surface area contributed by atoms with Crippen LogP contribution in [0.1, 0.15) is 40.7 Å². The third-order valence-electron chi connectivity index (χ3n) is 4.58. The molecular weight excluding hydrogens is 256 g/mol. The Bertz CT molecular complexity index is 556. The first-order chi connectivity index (χ1) is 9.61. The number of hydrogen-bond acceptors (Lipinski definition) is 3. The minimum absolute atomic E-state index is 0.0311. The number of carboxylic acids is 1. The molecule has 1 saturated heterocycles. The number of Topliss-reactive ketones (excluding diaryl/α,β-unsaturated/α-hetero) is 1. The van der Waals surface area contributed by atoms with E-state index in [1.165, 1.54) is 0 Å². The van der Waals surface area contributed by atoms with Crippen molar-refractivity contribution in [2.24, 2.45) is 5.41 Å². The summed E-state index contributed by atoms with van der Waals surface area (Å²) in [4.78, 5) is 23.6. The molecule has 2 aliphatic rings. The Balaban J connectivity index is 1.94. The van der Waals surface area contributed by atoms with Crippen LogP contribution in [-0.2, 0) is 22.4 Å². The summed E-state index contributed by atoms with van der Waals surface area (Å²) < 4.78 is 5.38. The number of benzene rings is 1. The highest BCUT2D eigenvalue weighted by Gasteiger charge is 2.43.